The van der Waals surface area contributed by atoms with E-state index in [1.165, 1.54) is 372 Å². The van der Waals surface area contributed by atoms with Crippen molar-refractivity contribution in [3.8, 4) is 0 Å². The highest BCUT2D eigenvalue weighted by Crippen LogP contribution is 2.32. The van der Waals surface area contributed by atoms with Gasteiger partial charge in [0.05, 0.1) is 24.0 Å². The van der Waals surface area contributed by atoms with Gasteiger partial charge in [0.25, 0.3) is 0 Å². The first-order chi connectivity index (χ1) is 56.3. The molecule has 0 saturated carbocycles. The van der Waals surface area contributed by atoms with E-state index in [-0.39, 0.29) is 0 Å². The zero-order chi connectivity index (χ0) is 83.3. The molecule has 2 fully saturated rings. The Kier molecular flexibility index (Phi) is 77.1. The zero-order valence-electron chi connectivity index (χ0n) is 76.1. The second-order valence-corrected chi connectivity index (χ2v) is 36.7. The Balaban J connectivity index is 1.99. The average molecular weight is 1640 g/mol. The van der Waals surface area contributed by atoms with E-state index in [1.54, 1.807) is 0 Å². The smallest absolute Gasteiger partial charge is 0.311 e. The Morgan fingerprint density at radius 3 is 0.557 bits per heavy atom. The first-order valence-corrected chi connectivity index (χ1v) is 51.1. The van der Waals surface area contributed by atoms with Crippen molar-refractivity contribution < 1.29 is 74.1 Å². The van der Waals surface area contributed by atoms with Gasteiger partial charge in [0, 0.05) is 0 Å². The molecule has 0 spiro atoms. The van der Waals surface area contributed by atoms with Crippen LogP contribution in [0, 0.1) is 11.8 Å². The number of unbranched alkanes of at least 4 members (excludes halogenated alkanes) is 70. The summed E-state index contributed by atoms with van der Waals surface area (Å²) in [7, 11) is 0. The van der Waals surface area contributed by atoms with Crippen molar-refractivity contribution in [1.29, 1.82) is 0 Å². The van der Waals surface area contributed by atoms with Gasteiger partial charge >= 0.3 is 11.9 Å². The molecule has 0 aromatic heterocycles. The predicted molar refractivity (Wildman–Crippen MR) is 478 cm³/mol. The summed E-state index contributed by atoms with van der Waals surface area (Å²) < 4.78 is 29.6. The van der Waals surface area contributed by atoms with Crippen LogP contribution in [-0.4, -0.2) is 140 Å². The number of esters is 2. The summed E-state index contributed by atoms with van der Waals surface area (Å²) in [5.74, 6) is -2.92. The maximum atomic E-state index is 14.2. The summed E-state index contributed by atoms with van der Waals surface area (Å²) >= 11 is 0. The van der Waals surface area contributed by atoms with E-state index in [4.69, 9.17) is 23.7 Å². The van der Waals surface area contributed by atoms with Crippen molar-refractivity contribution in [1.82, 2.24) is 0 Å². The highest BCUT2D eigenvalue weighted by molar-refractivity contribution is 5.73. The van der Waals surface area contributed by atoms with Gasteiger partial charge in [-0.15, -0.1) is 0 Å². The normalized spacial score (nSPS) is 20.9. The fraction of sp³-hybridized carbons (Fsp3) is 0.980. The Hall–Kier alpha value is -1.50. The Morgan fingerprint density at radius 1 is 0.226 bits per heavy atom. The van der Waals surface area contributed by atoms with Crippen LogP contribution in [0.5, 0.6) is 0 Å². The Bertz CT molecular complexity index is 1900. The third-order valence-corrected chi connectivity index (χ3v) is 25.9. The van der Waals surface area contributed by atoms with Gasteiger partial charge in [0.2, 0.25) is 0 Å². The molecule has 15 heteroatoms. The van der Waals surface area contributed by atoms with Gasteiger partial charge in [0.15, 0.2) is 12.6 Å². The molecule has 684 valence electrons. The predicted octanol–water partition coefficient (Wildman–Crippen LogP) is 26.2. The second-order valence-electron chi connectivity index (χ2n) is 36.7. The van der Waals surface area contributed by atoms with E-state index in [0.29, 0.717) is 25.7 Å². The van der Waals surface area contributed by atoms with Crippen molar-refractivity contribution in [2.45, 2.75) is 602 Å². The number of carbonyl (C=O) groups excluding carboxylic acids is 2. The maximum Gasteiger partial charge on any atom is 0.311 e. The number of aliphatic hydroxyl groups is 8. The van der Waals surface area contributed by atoms with Crippen LogP contribution < -0.4 is 0 Å². The van der Waals surface area contributed by atoms with E-state index in [9.17, 15) is 50.4 Å². The minimum absolute atomic E-state index is 0.432. The van der Waals surface area contributed by atoms with Crippen LogP contribution in [0.2, 0.25) is 0 Å². The summed E-state index contributed by atoms with van der Waals surface area (Å²) in [5.41, 5.74) is 0. The molecular formula is C100H194O15. The lowest BCUT2D eigenvalue weighted by molar-refractivity contribution is -0.376. The molecule has 14 atom stereocenters. The molecular weight excluding hydrogens is 1440 g/mol. The minimum atomic E-state index is -1.90. The van der Waals surface area contributed by atoms with E-state index in [2.05, 4.69) is 27.7 Å². The summed E-state index contributed by atoms with van der Waals surface area (Å²) in [5, 5.41) is 90.9. The van der Waals surface area contributed by atoms with Gasteiger partial charge in [-0.05, 0) is 25.7 Å². The zero-order valence-corrected chi connectivity index (χ0v) is 76.1. The van der Waals surface area contributed by atoms with Crippen molar-refractivity contribution in [2.75, 3.05) is 13.2 Å². The number of hydrogen-bond donors (Lipinski definition) is 8. The molecule has 0 aromatic rings. The van der Waals surface area contributed by atoms with Crippen molar-refractivity contribution in [2.24, 2.45) is 11.8 Å². The monoisotopic (exact) mass is 1640 g/mol. The SMILES string of the molecule is CCCCCCCCCCCCCCCCCCCCC[C@@H](O)[C@@H](CCCCCCCCCCCCCCCCCCCC)C(=O)OC[C@H]1O[C@H](O[C@H]2O[C@H](COC(=O)[C@@H](CCCCCCCCCCCCCCCCCCCC)[C@@H](O)CCCCCCCCCCCCCCCCCCCCC)[C@@H](O)[C@H](O)[C@H]2O)[C@H](O)[C@@H](O)[C@@H]1O. The topological polar surface area (TPSA) is 242 Å². The van der Waals surface area contributed by atoms with Crippen LogP contribution in [0.25, 0.3) is 0 Å². The molecule has 2 heterocycles. The molecule has 0 bridgehead atoms. The third-order valence-electron chi connectivity index (χ3n) is 25.9. The lowest BCUT2D eigenvalue weighted by Crippen LogP contribution is -2.64. The Labute approximate surface area is 709 Å². The number of carbonyl (C=O) groups is 2. The van der Waals surface area contributed by atoms with Crippen molar-refractivity contribution in [3.05, 3.63) is 0 Å². The van der Waals surface area contributed by atoms with Gasteiger partial charge < -0.3 is 64.5 Å². The first-order valence-electron chi connectivity index (χ1n) is 51.1. The van der Waals surface area contributed by atoms with Crippen LogP contribution in [0.3, 0.4) is 0 Å². The highest BCUT2D eigenvalue weighted by Gasteiger charge is 2.51. The summed E-state index contributed by atoms with van der Waals surface area (Å²) in [4.78, 5) is 28.3. The lowest BCUT2D eigenvalue weighted by Gasteiger charge is -2.44. The molecule has 0 aromatic carbocycles. The van der Waals surface area contributed by atoms with E-state index in [0.717, 1.165) is 103 Å². The van der Waals surface area contributed by atoms with Crippen LogP contribution in [-0.2, 0) is 33.3 Å². The van der Waals surface area contributed by atoms with Crippen LogP contribution >= 0.6 is 0 Å². The summed E-state index contributed by atoms with van der Waals surface area (Å²) in [6.45, 7) is 8.00. The van der Waals surface area contributed by atoms with Crippen LogP contribution in [0.1, 0.15) is 529 Å². The van der Waals surface area contributed by atoms with E-state index in [1.807, 2.05) is 0 Å². The molecule has 2 rings (SSSR count). The molecule has 2 saturated heterocycles. The molecule has 115 heavy (non-hydrogen) atoms. The highest BCUT2D eigenvalue weighted by atomic mass is 16.8. The number of hydrogen-bond acceptors (Lipinski definition) is 15. The van der Waals surface area contributed by atoms with Gasteiger partial charge in [-0.2, -0.15) is 0 Å². The van der Waals surface area contributed by atoms with Crippen molar-refractivity contribution in [3.63, 3.8) is 0 Å². The van der Waals surface area contributed by atoms with Crippen LogP contribution in [0.4, 0.5) is 0 Å². The molecule has 0 radical (unpaired) electrons. The number of rotatable bonds is 88. The number of aliphatic hydroxyl groups excluding tert-OH is 8. The van der Waals surface area contributed by atoms with Gasteiger partial charge in [-0.1, -0.05) is 503 Å². The van der Waals surface area contributed by atoms with Gasteiger partial charge in [-0.25, -0.2) is 0 Å². The summed E-state index contributed by atoms with van der Waals surface area (Å²) in [6, 6.07) is 0. The lowest BCUT2D eigenvalue weighted by atomic mass is 9.91. The molecule has 0 amide bonds. The molecule has 2 aliphatic rings. The van der Waals surface area contributed by atoms with E-state index >= 15 is 0 Å². The quantitative estimate of drug-likeness (QED) is 0.0209. The average Bonchev–Trinajstić information content (AvgIpc) is 0.792. The molecule has 15 nitrogen and oxygen atoms in total. The third kappa shape index (κ3) is 60.6. The standard InChI is InChI=1S/C100H194O15/c1-5-9-13-17-21-25-29-33-37-41-45-49-53-57-61-65-69-73-77-81-87(101)85(79-75-71-67-63-59-55-51-47-43-39-35-31-27-23-19-15-11-7-3)97(109)111-83-89-91(103)93(105)95(107)99(113-89)115-100-96(108)94(106)92(104)90(114-100)84-112-98(110)86(80-76-72-68-64-60-56-52-48-44-40-36-32-28-24-20-16-12-8-4)88(102)82-78-74-70-66-62-58-54-50-46-42-38-34-30-26-22-18-14-10-6-2/h85-96,99-108H,5-84H2,1-4H3/t85-,86+,87-,88+,89-,90-,91-,92-,93+,94+,95-,96-,99-,100-/m1/s1. The van der Waals surface area contributed by atoms with Crippen LogP contribution in [0.15, 0.2) is 0 Å². The minimum Gasteiger partial charge on any atom is -0.463 e. The van der Waals surface area contributed by atoms with Gasteiger partial charge in [-0.3, -0.25) is 9.59 Å². The maximum absolute atomic E-state index is 14.2. The van der Waals surface area contributed by atoms with Crippen molar-refractivity contribution >= 4 is 11.9 Å². The number of ether oxygens (including phenoxy) is 5. The molecule has 2 aliphatic heterocycles. The molecule has 0 unspecified atom stereocenters. The fourth-order valence-electron chi connectivity index (χ4n) is 17.7. The summed E-state index contributed by atoms with van der Waals surface area (Å²) in [6.07, 6.45) is 75.6. The fourth-order valence-corrected chi connectivity index (χ4v) is 17.7. The van der Waals surface area contributed by atoms with Gasteiger partial charge in [0.1, 0.15) is 62.0 Å². The largest absolute Gasteiger partial charge is 0.463 e. The second kappa shape index (κ2) is 80.9. The molecule has 8 N–H and O–H groups in total. The first kappa shape index (κ1) is 110. The molecule has 0 aliphatic carbocycles. The Morgan fingerprint density at radius 2 is 0.383 bits per heavy atom. The van der Waals surface area contributed by atoms with E-state index < -0.39 is 111 Å².